The minimum Gasteiger partial charge on any atom is -0.466 e. The van der Waals surface area contributed by atoms with Gasteiger partial charge in [-0.3, -0.25) is 4.79 Å². The van der Waals surface area contributed by atoms with Gasteiger partial charge in [0.05, 0.1) is 6.61 Å². The van der Waals surface area contributed by atoms with E-state index in [0.717, 1.165) is 5.56 Å². The zero-order valence-electron chi connectivity index (χ0n) is 9.38. The third kappa shape index (κ3) is 4.42. The Kier molecular flexibility index (Phi) is 5.55. The van der Waals surface area contributed by atoms with E-state index in [9.17, 15) is 13.6 Å². The number of halogens is 3. The van der Waals surface area contributed by atoms with E-state index < -0.39 is 6.43 Å². The van der Waals surface area contributed by atoms with Gasteiger partial charge in [-0.2, -0.15) is 0 Å². The second-order valence-electron chi connectivity index (χ2n) is 3.46. The lowest BCUT2D eigenvalue weighted by molar-refractivity contribution is -0.143. The molecule has 1 aromatic carbocycles. The number of hydrogen-bond donors (Lipinski definition) is 0. The van der Waals surface area contributed by atoms with E-state index in [0.29, 0.717) is 17.5 Å². The van der Waals surface area contributed by atoms with Gasteiger partial charge in [0, 0.05) is 16.5 Å². The zero-order chi connectivity index (χ0) is 12.8. The van der Waals surface area contributed by atoms with Crippen LogP contribution in [0.4, 0.5) is 8.78 Å². The molecule has 0 aliphatic heterocycles. The standard InChI is InChI=1S/C12H13BrF2O2/c1-2-17-11(16)6-4-8-3-5-9(12(14)15)10(13)7-8/h3,5,7,12H,2,4,6H2,1H3. The Balaban J connectivity index is 2.62. The van der Waals surface area contributed by atoms with Gasteiger partial charge in [-0.25, -0.2) is 8.78 Å². The Labute approximate surface area is 107 Å². The summed E-state index contributed by atoms with van der Waals surface area (Å²) in [6.45, 7) is 2.10. The fraction of sp³-hybridized carbons (Fsp3) is 0.417. The average molecular weight is 307 g/mol. The topological polar surface area (TPSA) is 26.3 Å². The van der Waals surface area contributed by atoms with Gasteiger partial charge in [-0.1, -0.05) is 28.1 Å². The van der Waals surface area contributed by atoms with Crippen molar-refractivity contribution in [3.8, 4) is 0 Å². The molecule has 0 aliphatic rings. The summed E-state index contributed by atoms with van der Waals surface area (Å²) >= 11 is 3.09. The Bertz CT molecular complexity index is 394. The molecule has 1 rings (SSSR count). The molecule has 0 spiro atoms. The molecule has 0 saturated heterocycles. The van der Waals surface area contributed by atoms with Gasteiger partial charge in [0.15, 0.2) is 0 Å². The molecule has 1 aromatic rings. The van der Waals surface area contributed by atoms with Gasteiger partial charge in [0.25, 0.3) is 6.43 Å². The molecule has 0 amide bonds. The van der Waals surface area contributed by atoms with Crippen LogP contribution in [0.5, 0.6) is 0 Å². The molecule has 94 valence electrons. The number of alkyl halides is 2. The van der Waals surface area contributed by atoms with Crippen LogP contribution in [0.15, 0.2) is 22.7 Å². The van der Waals surface area contributed by atoms with Gasteiger partial charge in [-0.05, 0) is 25.0 Å². The van der Waals surface area contributed by atoms with E-state index in [1.807, 2.05) is 0 Å². The van der Waals surface area contributed by atoms with Gasteiger partial charge in [0.1, 0.15) is 0 Å². The smallest absolute Gasteiger partial charge is 0.306 e. The first kappa shape index (κ1) is 14.1. The second-order valence-corrected chi connectivity index (χ2v) is 4.32. The molecule has 2 nitrogen and oxygen atoms in total. The maximum atomic E-state index is 12.5. The lowest BCUT2D eigenvalue weighted by atomic mass is 10.1. The van der Waals surface area contributed by atoms with Crippen LogP contribution in [0, 0.1) is 0 Å². The van der Waals surface area contributed by atoms with Crippen molar-refractivity contribution in [2.45, 2.75) is 26.2 Å². The maximum Gasteiger partial charge on any atom is 0.306 e. The predicted molar refractivity (Wildman–Crippen MR) is 64.1 cm³/mol. The molecular weight excluding hydrogens is 294 g/mol. The Hall–Kier alpha value is -0.970. The fourth-order valence-electron chi connectivity index (χ4n) is 1.38. The van der Waals surface area contributed by atoms with Gasteiger partial charge in [0.2, 0.25) is 0 Å². The molecule has 17 heavy (non-hydrogen) atoms. The summed E-state index contributed by atoms with van der Waals surface area (Å²) in [7, 11) is 0. The SMILES string of the molecule is CCOC(=O)CCc1ccc(C(F)F)c(Br)c1. The minimum atomic E-state index is -2.50. The first-order valence-corrected chi connectivity index (χ1v) is 6.06. The van der Waals surface area contributed by atoms with Crippen molar-refractivity contribution >= 4 is 21.9 Å². The number of esters is 1. The fourth-order valence-corrected chi connectivity index (χ4v) is 1.98. The summed E-state index contributed by atoms with van der Waals surface area (Å²) < 4.78 is 30.1. The van der Waals surface area contributed by atoms with E-state index >= 15 is 0 Å². The van der Waals surface area contributed by atoms with E-state index in [-0.39, 0.29) is 18.0 Å². The largest absolute Gasteiger partial charge is 0.466 e. The highest BCUT2D eigenvalue weighted by atomic mass is 79.9. The molecule has 0 N–H and O–H groups in total. The molecule has 0 unspecified atom stereocenters. The summed E-state index contributed by atoms with van der Waals surface area (Å²) in [5.74, 6) is -0.276. The number of ether oxygens (including phenoxy) is 1. The van der Waals surface area contributed by atoms with E-state index in [1.165, 1.54) is 6.07 Å². The van der Waals surface area contributed by atoms with Gasteiger partial charge in [-0.15, -0.1) is 0 Å². The van der Waals surface area contributed by atoms with Crippen LogP contribution in [0.1, 0.15) is 30.9 Å². The minimum absolute atomic E-state index is 0.0371. The van der Waals surface area contributed by atoms with Crippen LogP contribution in [-0.2, 0) is 16.0 Å². The quantitative estimate of drug-likeness (QED) is 0.772. The second kappa shape index (κ2) is 6.69. The predicted octanol–water partition coefficient (Wildman–Crippen LogP) is 3.88. The van der Waals surface area contributed by atoms with Crippen LogP contribution in [0.3, 0.4) is 0 Å². The summed E-state index contributed by atoms with van der Waals surface area (Å²) in [5, 5.41) is 0. The average Bonchev–Trinajstić information content (AvgIpc) is 2.26. The van der Waals surface area contributed by atoms with Crippen LogP contribution < -0.4 is 0 Å². The van der Waals surface area contributed by atoms with Crippen molar-refractivity contribution < 1.29 is 18.3 Å². The van der Waals surface area contributed by atoms with Crippen molar-refractivity contribution in [3.05, 3.63) is 33.8 Å². The molecule has 0 heterocycles. The van der Waals surface area contributed by atoms with Crippen molar-refractivity contribution in [3.63, 3.8) is 0 Å². The molecular formula is C12H13BrF2O2. The zero-order valence-corrected chi connectivity index (χ0v) is 11.0. The van der Waals surface area contributed by atoms with E-state index in [2.05, 4.69) is 15.9 Å². The third-order valence-electron chi connectivity index (χ3n) is 2.22. The molecule has 0 aliphatic carbocycles. The monoisotopic (exact) mass is 306 g/mol. The summed E-state index contributed by atoms with van der Waals surface area (Å²) in [6.07, 6.45) is -1.75. The third-order valence-corrected chi connectivity index (χ3v) is 2.91. The molecule has 5 heteroatoms. The van der Waals surface area contributed by atoms with Crippen molar-refractivity contribution in [2.24, 2.45) is 0 Å². The Morgan fingerprint density at radius 1 is 1.47 bits per heavy atom. The number of carbonyl (C=O) groups excluding carboxylic acids is 1. The highest BCUT2D eigenvalue weighted by molar-refractivity contribution is 9.10. The van der Waals surface area contributed by atoms with Crippen LogP contribution in [0.25, 0.3) is 0 Å². The molecule has 0 saturated carbocycles. The number of hydrogen-bond acceptors (Lipinski definition) is 2. The van der Waals surface area contributed by atoms with Crippen LogP contribution in [-0.4, -0.2) is 12.6 Å². The van der Waals surface area contributed by atoms with E-state index in [1.54, 1.807) is 19.1 Å². The normalized spacial score (nSPS) is 10.6. The van der Waals surface area contributed by atoms with Gasteiger partial charge < -0.3 is 4.74 Å². The lowest BCUT2D eigenvalue weighted by Crippen LogP contribution is -2.05. The first-order valence-electron chi connectivity index (χ1n) is 5.26. The van der Waals surface area contributed by atoms with Crippen molar-refractivity contribution in [1.82, 2.24) is 0 Å². The molecule has 0 aromatic heterocycles. The number of benzene rings is 1. The summed E-state index contributed by atoms with van der Waals surface area (Å²) in [4.78, 5) is 11.1. The first-order chi connectivity index (χ1) is 8.04. The molecule has 0 bridgehead atoms. The molecule has 0 fully saturated rings. The highest BCUT2D eigenvalue weighted by Gasteiger charge is 2.12. The number of rotatable bonds is 5. The molecule has 0 radical (unpaired) electrons. The Morgan fingerprint density at radius 3 is 2.71 bits per heavy atom. The van der Waals surface area contributed by atoms with Crippen molar-refractivity contribution in [1.29, 1.82) is 0 Å². The number of carbonyl (C=O) groups is 1. The summed E-state index contributed by atoms with van der Waals surface area (Å²) in [5.41, 5.74) is 0.791. The maximum absolute atomic E-state index is 12.5. The van der Waals surface area contributed by atoms with Crippen LogP contribution in [0.2, 0.25) is 0 Å². The van der Waals surface area contributed by atoms with Crippen molar-refractivity contribution in [2.75, 3.05) is 6.61 Å². The van der Waals surface area contributed by atoms with Crippen LogP contribution >= 0.6 is 15.9 Å². The van der Waals surface area contributed by atoms with Gasteiger partial charge >= 0.3 is 5.97 Å². The summed E-state index contributed by atoms with van der Waals surface area (Å²) in [6, 6.07) is 4.58. The number of aryl methyl sites for hydroxylation is 1. The molecule has 0 atom stereocenters. The van der Waals surface area contributed by atoms with E-state index in [4.69, 9.17) is 4.74 Å². The highest BCUT2D eigenvalue weighted by Crippen LogP contribution is 2.28. The Morgan fingerprint density at radius 2 is 2.18 bits per heavy atom. The lowest BCUT2D eigenvalue weighted by Gasteiger charge is -2.06.